The Morgan fingerprint density at radius 1 is 0.600 bits per heavy atom. The van der Waals surface area contributed by atoms with Crippen LogP contribution >= 0.6 is 0 Å². The van der Waals surface area contributed by atoms with Gasteiger partial charge in [0.1, 0.15) is 0 Å². The lowest BCUT2D eigenvalue weighted by molar-refractivity contribution is 0.0241. The van der Waals surface area contributed by atoms with Crippen LogP contribution in [0.3, 0.4) is 0 Å². The Hall–Kier alpha value is 0.0169. The summed E-state index contributed by atoms with van der Waals surface area (Å²) >= 11 is 0. The first-order valence-electron chi connectivity index (χ1n) is 15.4. The van der Waals surface area contributed by atoms with E-state index in [0.717, 1.165) is 64.6 Å². The first kappa shape index (κ1) is 35.0. The number of nitrogens with one attached hydrogen (secondary N) is 1. The van der Waals surface area contributed by atoms with Gasteiger partial charge in [0.2, 0.25) is 0 Å². The van der Waals surface area contributed by atoms with Gasteiger partial charge in [-0.1, -0.05) is 99.3 Å². The molecule has 0 aromatic carbocycles. The minimum Gasteiger partial charge on any atom is -0.373 e. The van der Waals surface area contributed by atoms with Crippen LogP contribution in [0.15, 0.2) is 0 Å². The fourth-order valence-corrected chi connectivity index (χ4v) is 7.19. The lowest BCUT2D eigenvalue weighted by Crippen LogP contribution is -2.49. The molecular weight excluding hydrogens is 452 g/mol. The molecule has 0 unspecified atom stereocenters. The third-order valence-electron chi connectivity index (χ3n) is 7.40. The van der Waals surface area contributed by atoms with Crippen molar-refractivity contribution in [1.29, 1.82) is 0 Å². The lowest BCUT2D eigenvalue weighted by Gasteiger charge is -2.34. The Bertz CT molecular complexity index is 392. The highest BCUT2D eigenvalue weighted by molar-refractivity contribution is 6.60. The molecule has 0 spiro atoms. The predicted molar refractivity (Wildman–Crippen MR) is 155 cm³/mol. The summed E-state index contributed by atoms with van der Waals surface area (Å²) in [5.41, 5.74) is 5.68. The van der Waals surface area contributed by atoms with Crippen molar-refractivity contribution in [3.63, 3.8) is 0 Å². The third kappa shape index (κ3) is 18.0. The van der Waals surface area contributed by atoms with Gasteiger partial charge in [-0.15, -0.1) is 0 Å². The number of rotatable bonds is 27. The smallest absolute Gasteiger partial charge is 0.373 e. The van der Waals surface area contributed by atoms with Crippen molar-refractivity contribution < 1.29 is 13.3 Å². The van der Waals surface area contributed by atoms with E-state index in [9.17, 15) is 0 Å². The van der Waals surface area contributed by atoms with Crippen molar-refractivity contribution in [3.8, 4) is 0 Å². The van der Waals surface area contributed by atoms with E-state index >= 15 is 0 Å². The number of hydrogen-bond acceptors (Lipinski definition) is 5. The quantitative estimate of drug-likeness (QED) is 0.0871. The van der Waals surface area contributed by atoms with E-state index in [4.69, 9.17) is 19.0 Å². The molecule has 5 nitrogen and oxygen atoms in total. The molecule has 0 saturated heterocycles. The van der Waals surface area contributed by atoms with Gasteiger partial charge in [-0.2, -0.15) is 0 Å². The SMILES string of the molecule is CCCC[C@@H](CC)CO[Si](CCCNCCN)(OC[C@H](CC)CCCC)OC[C@H](CC)CCCC. The van der Waals surface area contributed by atoms with Crippen LogP contribution in [-0.2, 0) is 13.3 Å². The summed E-state index contributed by atoms with van der Waals surface area (Å²) in [6.45, 7) is 18.5. The van der Waals surface area contributed by atoms with Crippen LogP contribution in [-0.4, -0.2) is 48.3 Å². The first-order chi connectivity index (χ1) is 17.0. The highest BCUT2D eigenvalue weighted by Crippen LogP contribution is 2.26. The van der Waals surface area contributed by atoms with Gasteiger partial charge in [-0.3, -0.25) is 0 Å². The molecule has 0 aliphatic carbocycles. The van der Waals surface area contributed by atoms with E-state index in [0.29, 0.717) is 24.3 Å². The van der Waals surface area contributed by atoms with Crippen molar-refractivity contribution in [1.82, 2.24) is 5.32 Å². The van der Waals surface area contributed by atoms with Gasteiger partial charge in [-0.05, 0) is 50.0 Å². The molecule has 0 aliphatic heterocycles. The van der Waals surface area contributed by atoms with Crippen LogP contribution in [0.1, 0.15) is 125 Å². The molecular formula is C29H64N2O3Si. The Labute approximate surface area is 221 Å². The molecule has 0 aromatic rings. The Kier molecular flexibility index (Phi) is 24.4. The molecule has 0 bridgehead atoms. The summed E-state index contributed by atoms with van der Waals surface area (Å²) in [5, 5.41) is 3.45. The Morgan fingerprint density at radius 2 is 1.00 bits per heavy atom. The van der Waals surface area contributed by atoms with Crippen LogP contribution in [0.2, 0.25) is 6.04 Å². The van der Waals surface area contributed by atoms with Gasteiger partial charge in [0, 0.05) is 39.0 Å². The van der Waals surface area contributed by atoms with E-state index in [1.54, 1.807) is 0 Å². The van der Waals surface area contributed by atoms with Crippen molar-refractivity contribution in [3.05, 3.63) is 0 Å². The Balaban J connectivity index is 5.53. The average Bonchev–Trinajstić information content (AvgIpc) is 2.88. The minimum absolute atomic E-state index is 0.591. The molecule has 0 heterocycles. The summed E-state index contributed by atoms with van der Waals surface area (Å²) < 4.78 is 20.5. The molecule has 35 heavy (non-hydrogen) atoms. The second-order valence-corrected chi connectivity index (χ2v) is 13.2. The number of hydrogen-bond donors (Lipinski definition) is 2. The summed E-state index contributed by atoms with van der Waals surface area (Å²) in [7, 11) is -2.78. The van der Waals surface area contributed by atoms with Gasteiger partial charge in [0.25, 0.3) is 0 Å². The zero-order valence-electron chi connectivity index (χ0n) is 24.7. The average molecular weight is 517 g/mol. The molecule has 212 valence electrons. The first-order valence-corrected chi connectivity index (χ1v) is 17.3. The van der Waals surface area contributed by atoms with E-state index in [1.807, 2.05) is 0 Å². The van der Waals surface area contributed by atoms with E-state index in [2.05, 4.69) is 46.9 Å². The summed E-state index contributed by atoms with van der Waals surface area (Å²) in [6.07, 6.45) is 15.7. The maximum absolute atomic E-state index is 6.83. The molecule has 3 atom stereocenters. The molecule has 6 heteroatoms. The maximum atomic E-state index is 6.83. The molecule has 0 amide bonds. The van der Waals surface area contributed by atoms with Gasteiger partial charge in [-0.25, -0.2) is 0 Å². The molecule has 0 aliphatic rings. The third-order valence-corrected chi connectivity index (χ3v) is 10.2. The summed E-state index contributed by atoms with van der Waals surface area (Å²) in [6, 6.07) is 0.892. The fraction of sp³-hybridized carbons (Fsp3) is 1.00. The lowest BCUT2D eigenvalue weighted by atomic mass is 10.0. The molecule has 0 rings (SSSR count). The zero-order chi connectivity index (χ0) is 26.2. The van der Waals surface area contributed by atoms with Gasteiger partial charge in [0.05, 0.1) is 0 Å². The van der Waals surface area contributed by atoms with E-state index in [-0.39, 0.29) is 0 Å². The van der Waals surface area contributed by atoms with Gasteiger partial charge >= 0.3 is 8.80 Å². The number of nitrogens with two attached hydrogens (primary N) is 1. The number of unbranched alkanes of at least 4 members (excludes halogenated alkanes) is 3. The zero-order valence-corrected chi connectivity index (χ0v) is 25.7. The standard InChI is InChI=1S/C29H64N2O3Si/c1-7-13-17-27(10-4)24-32-35(23-16-21-31-22-20-30,33-25-28(11-5)18-14-8-2)34-26-29(12-6)19-15-9-3/h27-29,31H,7-26,30H2,1-6H3/t27-,28-,29-/m1/s1. The van der Waals surface area contributed by atoms with Crippen LogP contribution in [0.25, 0.3) is 0 Å². The summed E-state index contributed by atoms with van der Waals surface area (Å²) in [4.78, 5) is 0. The van der Waals surface area contributed by atoms with Crippen LogP contribution in [0.4, 0.5) is 0 Å². The molecule has 0 radical (unpaired) electrons. The van der Waals surface area contributed by atoms with Crippen molar-refractivity contribution in [2.75, 3.05) is 39.5 Å². The van der Waals surface area contributed by atoms with Gasteiger partial charge in [0.15, 0.2) is 0 Å². The molecule has 0 fully saturated rings. The second-order valence-electron chi connectivity index (χ2n) is 10.5. The van der Waals surface area contributed by atoms with E-state index in [1.165, 1.54) is 57.8 Å². The molecule has 0 saturated carbocycles. The summed E-state index contributed by atoms with van der Waals surface area (Å²) in [5.74, 6) is 1.77. The van der Waals surface area contributed by atoms with Crippen molar-refractivity contribution in [2.24, 2.45) is 23.5 Å². The van der Waals surface area contributed by atoms with Crippen molar-refractivity contribution >= 4 is 8.80 Å². The largest absolute Gasteiger partial charge is 0.501 e. The van der Waals surface area contributed by atoms with Crippen molar-refractivity contribution in [2.45, 2.75) is 131 Å². The van der Waals surface area contributed by atoms with Crippen LogP contribution < -0.4 is 11.1 Å². The highest BCUT2D eigenvalue weighted by atomic mass is 28.4. The highest BCUT2D eigenvalue weighted by Gasteiger charge is 2.42. The molecule has 0 aromatic heterocycles. The second kappa shape index (κ2) is 24.4. The van der Waals surface area contributed by atoms with Crippen LogP contribution in [0.5, 0.6) is 0 Å². The molecule has 3 N–H and O–H groups in total. The topological polar surface area (TPSA) is 65.7 Å². The maximum Gasteiger partial charge on any atom is 0.501 e. The van der Waals surface area contributed by atoms with E-state index < -0.39 is 8.80 Å². The Morgan fingerprint density at radius 3 is 1.31 bits per heavy atom. The minimum atomic E-state index is -2.78. The monoisotopic (exact) mass is 516 g/mol. The normalized spacial score (nSPS) is 14.8. The van der Waals surface area contributed by atoms with Crippen LogP contribution in [0, 0.1) is 17.8 Å². The predicted octanol–water partition coefficient (Wildman–Crippen LogP) is 7.56. The fourth-order valence-electron chi connectivity index (χ4n) is 4.43. The van der Waals surface area contributed by atoms with Gasteiger partial charge < -0.3 is 24.3 Å².